The second kappa shape index (κ2) is 12.4. The van der Waals surface area contributed by atoms with Gasteiger partial charge in [0.15, 0.2) is 0 Å². The van der Waals surface area contributed by atoms with Crippen molar-refractivity contribution < 1.29 is 24.2 Å². The summed E-state index contributed by atoms with van der Waals surface area (Å²) in [5, 5.41) is 9.61. The van der Waals surface area contributed by atoms with Gasteiger partial charge in [-0.1, -0.05) is 28.1 Å². The van der Waals surface area contributed by atoms with E-state index < -0.39 is 29.6 Å². The maximum Gasteiger partial charge on any atom is 0.253 e. The van der Waals surface area contributed by atoms with Gasteiger partial charge in [0, 0.05) is 62.6 Å². The SMILES string of the molecule is C=CCN(C)C(=O)[C@H]1[C@@H]2OC3(CC2Br)C(C(=O)N(CC=C)c2ccc(N(CC)CC)cc2)N(CCCO)C(=O)[C@H]13. The molecule has 3 heterocycles. The van der Waals surface area contributed by atoms with Crippen LogP contribution in [0.3, 0.4) is 0 Å². The predicted molar refractivity (Wildman–Crippen MR) is 160 cm³/mol. The topological polar surface area (TPSA) is 93.6 Å². The number of fused-ring (bicyclic) bond motifs is 1. The average Bonchev–Trinajstić information content (AvgIpc) is 3.54. The van der Waals surface area contributed by atoms with Crippen LogP contribution in [0.25, 0.3) is 0 Å². The number of likely N-dealkylation sites (N-methyl/N-ethyl adjacent to an activating group) is 1. The van der Waals surface area contributed by atoms with E-state index in [4.69, 9.17) is 4.74 Å². The summed E-state index contributed by atoms with van der Waals surface area (Å²) in [7, 11) is 1.69. The third kappa shape index (κ3) is 4.99. The summed E-state index contributed by atoms with van der Waals surface area (Å²) in [5.74, 6) is -2.24. The first kappa shape index (κ1) is 30.3. The zero-order chi connectivity index (χ0) is 29.2. The Bertz CT molecular complexity index is 1130. The van der Waals surface area contributed by atoms with Crippen LogP contribution in [0.2, 0.25) is 0 Å². The summed E-state index contributed by atoms with van der Waals surface area (Å²) in [6.45, 7) is 14.2. The van der Waals surface area contributed by atoms with Crippen molar-refractivity contribution in [1.29, 1.82) is 0 Å². The molecule has 1 aromatic carbocycles. The molecule has 3 saturated heterocycles. The molecule has 40 heavy (non-hydrogen) atoms. The fourth-order valence-electron chi connectivity index (χ4n) is 6.74. The number of hydrogen-bond donors (Lipinski definition) is 1. The van der Waals surface area contributed by atoms with Gasteiger partial charge in [-0.3, -0.25) is 14.4 Å². The number of rotatable bonds is 13. The molecule has 1 aromatic rings. The van der Waals surface area contributed by atoms with Gasteiger partial charge in [-0.25, -0.2) is 0 Å². The monoisotopic (exact) mass is 616 g/mol. The molecule has 0 aromatic heterocycles. The maximum atomic E-state index is 14.5. The summed E-state index contributed by atoms with van der Waals surface area (Å²) in [4.78, 5) is 49.0. The first-order valence-electron chi connectivity index (χ1n) is 14.1. The molecule has 0 aliphatic carbocycles. The van der Waals surface area contributed by atoms with Crippen LogP contribution in [0.15, 0.2) is 49.6 Å². The number of aliphatic hydroxyl groups is 1. The third-order valence-corrected chi connectivity index (χ3v) is 9.36. The minimum absolute atomic E-state index is 0.124. The molecule has 3 fully saturated rings. The second-order valence-corrected chi connectivity index (χ2v) is 11.9. The molecule has 0 radical (unpaired) electrons. The molecule has 2 bridgehead atoms. The summed E-state index contributed by atoms with van der Waals surface area (Å²) in [5.41, 5.74) is 0.596. The van der Waals surface area contributed by atoms with Gasteiger partial charge in [0.05, 0.1) is 17.9 Å². The first-order chi connectivity index (χ1) is 19.2. The molecule has 0 saturated carbocycles. The normalized spacial score (nSPS) is 28.4. The second-order valence-electron chi connectivity index (χ2n) is 10.7. The van der Waals surface area contributed by atoms with Crippen LogP contribution in [-0.4, -0.2) is 102 Å². The van der Waals surface area contributed by atoms with E-state index in [1.165, 1.54) is 0 Å². The quantitative estimate of drug-likeness (QED) is 0.271. The number of nitrogens with zero attached hydrogens (tertiary/aromatic N) is 4. The van der Waals surface area contributed by atoms with Crippen molar-refractivity contribution in [3.8, 4) is 0 Å². The Morgan fingerprint density at radius 2 is 1.75 bits per heavy atom. The number of ether oxygens (including phenoxy) is 1. The van der Waals surface area contributed by atoms with Gasteiger partial charge >= 0.3 is 0 Å². The third-order valence-electron chi connectivity index (χ3n) is 8.51. The lowest BCUT2D eigenvalue weighted by Crippen LogP contribution is -2.57. The lowest BCUT2D eigenvalue weighted by Gasteiger charge is -2.37. The van der Waals surface area contributed by atoms with Crippen molar-refractivity contribution in [2.24, 2.45) is 11.8 Å². The van der Waals surface area contributed by atoms with E-state index in [1.54, 1.807) is 33.9 Å². The minimum Gasteiger partial charge on any atom is -0.396 e. The van der Waals surface area contributed by atoms with Crippen LogP contribution in [0, 0.1) is 11.8 Å². The molecule has 3 aliphatic rings. The zero-order valence-electron chi connectivity index (χ0n) is 23.7. The molecule has 4 rings (SSSR count). The highest BCUT2D eigenvalue weighted by atomic mass is 79.9. The van der Waals surface area contributed by atoms with E-state index in [2.05, 4.69) is 47.8 Å². The van der Waals surface area contributed by atoms with E-state index in [9.17, 15) is 19.5 Å². The Kier molecular flexibility index (Phi) is 9.42. The van der Waals surface area contributed by atoms with E-state index >= 15 is 0 Å². The highest BCUT2D eigenvalue weighted by molar-refractivity contribution is 9.09. The standard InChI is InChI=1S/C30H41BrN4O5/c1-6-15-32(5)27(37)23-24-28(38)35(17-10-18-36)26(30(24)19-22(31)25(23)40-30)29(39)34(16-7-2)21-13-11-20(12-14-21)33(8-3)9-4/h6-7,11-14,22-26,36H,1-2,8-10,15-19H2,3-5H3/t22?,23-,24+,25-,26?,30?/m1/s1. The van der Waals surface area contributed by atoms with Gasteiger partial charge < -0.3 is 29.4 Å². The Labute approximate surface area is 245 Å². The van der Waals surface area contributed by atoms with E-state index in [0.29, 0.717) is 25.1 Å². The number of likely N-dealkylation sites (tertiary alicyclic amines) is 1. The predicted octanol–water partition coefficient (Wildman–Crippen LogP) is 2.83. The summed E-state index contributed by atoms with van der Waals surface area (Å²) >= 11 is 3.71. The number of hydrogen-bond acceptors (Lipinski definition) is 6. The van der Waals surface area contributed by atoms with Crippen molar-refractivity contribution in [2.75, 3.05) is 56.2 Å². The average molecular weight is 618 g/mol. The lowest BCUT2D eigenvalue weighted by molar-refractivity contribution is -0.144. The molecule has 1 N–H and O–H groups in total. The molecular weight excluding hydrogens is 576 g/mol. The van der Waals surface area contributed by atoms with Crippen molar-refractivity contribution in [3.63, 3.8) is 0 Å². The number of halogens is 1. The molecule has 218 valence electrons. The lowest BCUT2D eigenvalue weighted by atomic mass is 9.70. The van der Waals surface area contributed by atoms with Crippen molar-refractivity contribution in [1.82, 2.24) is 9.80 Å². The number of alkyl halides is 1. The molecule has 3 unspecified atom stereocenters. The summed E-state index contributed by atoms with van der Waals surface area (Å²) in [6, 6.07) is 6.87. The van der Waals surface area contributed by atoms with Gasteiger partial charge in [0.25, 0.3) is 5.91 Å². The van der Waals surface area contributed by atoms with Gasteiger partial charge in [0.1, 0.15) is 11.6 Å². The van der Waals surface area contributed by atoms with E-state index in [-0.39, 0.29) is 42.2 Å². The maximum absolute atomic E-state index is 14.5. The largest absolute Gasteiger partial charge is 0.396 e. The van der Waals surface area contributed by atoms with Gasteiger partial charge in [-0.2, -0.15) is 0 Å². The Morgan fingerprint density at radius 1 is 1.12 bits per heavy atom. The Balaban J connectivity index is 1.75. The van der Waals surface area contributed by atoms with Crippen LogP contribution >= 0.6 is 15.9 Å². The van der Waals surface area contributed by atoms with Crippen LogP contribution in [-0.2, 0) is 19.1 Å². The molecule has 6 atom stereocenters. The molecule has 1 spiro atoms. The van der Waals surface area contributed by atoms with Crippen molar-refractivity contribution in [3.05, 3.63) is 49.6 Å². The number of aliphatic hydroxyl groups excluding tert-OH is 1. The Morgan fingerprint density at radius 3 is 2.33 bits per heavy atom. The number of benzene rings is 1. The fraction of sp³-hybridized carbons (Fsp3) is 0.567. The number of carbonyl (C=O) groups excluding carboxylic acids is 3. The number of carbonyl (C=O) groups is 3. The fourth-order valence-corrected chi connectivity index (χ4v) is 7.68. The zero-order valence-corrected chi connectivity index (χ0v) is 25.3. The van der Waals surface area contributed by atoms with Crippen molar-refractivity contribution in [2.45, 2.75) is 49.3 Å². The van der Waals surface area contributed by atoms with Crippen molar-refractivity contribution >= 4 is 45.0 Å². The summed E-state index contributed by atoms with van der Waals surface area (Å²) < 4.78 is 6.59. The van der Waals surface area contributed by atoms with E-state index in [1.807, 2.05) is 24.3 Å². The smallest absolute Gasteiger partial charge is 0.253 e. The number of anilines is 2. The van der Waals surface area contributed by atoms with Crippen LogP contribution < -0.4 is 9.80 Å². The molecule has 3 amide bonds. The highest BCUT2D eigenvalue weighted by Crippen LogP contribution is 2.60. The van der Waals surface area contributed by atoms with Crippen LogP contribution in [0.5, 0.6) is 0 Å². The van der Waals surface area contributed by atoms with Gasteiger partial charge in [0.2, 0.25) is 11.8 Å². The van der Waals surface area contributed by atoms with Crippen LogP contribution in [0.4, 0.5) is 11.4 Å². The number of amides is 3. The molecular formula is C30H41BrN4O5. The summed E-state index contributed by atoms with van der Waals surface area (Å²) in [6.07, 6.45) is 3.52. The van der Waals surface area contributed by atoms with Gasteiger partial charge in [-0.05, 0) is 51.0 Å². The molecule has 10 heteroatoms. The van der Waals surface area contributed by atoms with Crippen LogP contribution in [0.1, 0.15) is 26.7 Å². The first-order valence-corrected chi connectivity index (χ1v) is 15.0. The molecule has 3 aliphatic heterocycles. The Hall–Kier alpha value is -2.69. The highest BCUT2D eigenvalue weighted by Gasteiger charge is 2.76. The minimum atomic E-state index is -1.15. The van der Waals surface area contributed by atoms with Gasteiger partial charge in [-0.15, -0.1) is 13.2 Å². The van der Waals surface area contributed by atoms with E-state index in [0.717, 1.165) is 18.8 Å². The molecule has 9 nitrogen and oxygen atoms in total.